The highest BCUT2D eigenvalue weighted by atomic mass is 32.2. The number of carbonyl (C=O) groups excluding carboxylic acids is 1. The summed E-state index contributed by atoms with van der Waals surface area (Å²) in [5.41, 5.74) is 2.76. The zero-order valence-electron chi connectivity index (χ0n) is 43.3. The SMILES string of the molecule is CC(C)c1ccccc1[C@@H]1CCCC1N1CC2(CCN(c3ccc(C(=O)NS(=O)(=O)c4cc5c(c([N+](=O)[O-])c4)N[C@@H]([C@H]4CC[C@](C)(O)CC4)CO5)c(Oc4cc5c(F)c[nH]c5nc4OC4CCN(C)CC4)c3)CC2)C1. The van der Waals surface area contributed by atoms with Crippen molar-refractivity contribution in [2.24, 2.45) is 11.3 Å². The molecule has 1 amide bonds. The van der Waals surface area contributed by atoms with Crippen molar-refractivity contribution in [3.63, 3.8) is 0 Å². The fourth-order valence-corrected chi connectivity index (χ4v) is 13.9. The van der Waals surface area contributed by atoms with Crippen LogP contribution in [0.3, 0.4) is 0 Å². The molecule has 17 nitrogen and oxygen atoms in total. The maximum atomic E-state index is 15.2. The maximum Gasteiger partial charge on any atom is 0.297 e. The molecule has 1 unspecified atom stereocenters. The van der Waals surface area contributed by atoms with Crippen LogP contribution >= 0.6 is 0 Å². The summed E-state index contributed by atoms with van der Waals surface area (Å²) in [6.45, 7) is 11.7. The molecule has 6 aliphatic rings. The summed E-state index contributed by atoms with van der Waals surface area (Å²) in [5.74, 6) is -0.468. The van der Waals surface area contributed by atoms with E-state index in [1.54, 1.807) is 19.1 Å². The van der Waals surface area contributed by atoms with Crippen LogP contribution < -0.4 is 29.1 Å². The molecule has 6 heterocycles. The zero-order valence-corrected chi connectivity index (χ0v) is 44.1. The molecule has 2 aromatic heterocycles. The predicted molar refractivity (Wildman–Crippen MR) is 283 cm³/mol. The van der Waals surface area contributed by atoms with Gasteiger partial charge in [0.2, 0.25) is 0 Å². The smallest absolute Gasteiger partial charge is 0.297 e. The Bertz CT molecular complexity index is 3080. The summed E-state index contributed by atoms with van der Waals surface area (Å²) in [4.78, 5) is 40.5. The van der Waals surface area contributed by atoms with Crippen LogP contribution in [0.5, 0.6) is 23.1 Å². The summed E-state index contributed by atoms with van der Waals surface area (Å²) < 4.78 is 65.0. The molecule has 4 aliphatic heterocycles. The normalized spacial score (nSPS) is 25.3. The molecule has 19 heteroatoms. The Morgan fingerprint density at radius 3 is 2.45 bits per heavy atom. The number of ether oxygens (including phenoxy) is 3. The minimum atomic E-state index is -4.77. The summed E-state index contributed by atoms with van der Waals surface area (Å²) >= 11 is 0. The molecule has 4 N–H and O–H groups in total. The third kappa shape index (κ3) is 10.4. The number of halogens is 1. The van der Waals surface area contributed by atoms with E-state index in [1.165, 1.54) is 54.8 Å². The molecule has 2 saturated carbocycles. The van der Waals surface area contributed by atoms with Gasteiger partial charge >= 0.3 is 0 Å². The van der Waals surface area contributed by atoms with Gasteiger partial charge in [0.1, 0.15) is 29.9 Å². The largest absolute Gasteiger partial charge is 0.489 e. The predicted octanol–water partition coefficient (Wildman–Crippen LogP) is 9.47. The Hall–Kier alpha value is -6.02. The third-order valence-corrected chi connectivity index (χ3v) is 18.7. The van der Waals surface area contributed by atoms with Crippen LogP contribution in [0.25, 0.3) is 11.0 Å². The van der Waals surface area contributed by atoms with Crippen molar-refractivity contribution in [1.82, 2.24) is 24.5 Å². The van der Waals surface area contributed by atoms with E-state index in [1.807, 2.05) is 7.05 Å². The van der Waals surface area contributed by atoms with E-state index in [4.69, 9.17) is 14.2 Å². The first-order valence-corrected chi connectivity index (χ1v) is 28.3. The highest BCUT2D eigenvalue weighted by Gasteiger charge is 2.50. The van der Waals surface area contributed by atoms with Crippen molar-refractivity contribution in [2.75, 3.05) is 63.1 Å². The number of pyridine rings is 1. The van der Waals surface area contributed by atoms with E-state index in [0.29, 0.717) is 56.4 Å². The Morgan fingerprint density at radius 2 is 1.72 bits per heavy atom. The number of sulfonamides is 1. The van der Waals surface area contributed by atoms with Gasteiger partial charge in [0.25, 0.3) is 27.5 Å². The first-order chi connectivity index (χ1) is 35.9. The Balaban J connectivity index is 0.856. The standard InChI is InChI=1S/C56H69FN8O9S/c1-34(2)39-8-5-6-9-40(39)41-10-7-11-46(41)64-32-56(33-64)20-24-63(25-21-56)36-12-13-42(48(26-36)74-50-29-43-44(57)30-58-52(43)60-54(50)73-37-16-22-62(4)23-17-37)53(66)61-75(70,71)38-27-47(65(68)69)51-49(28-38)72-31-45(59-51)35-14-18-55(3,67)19-15-35/h5-6,8-9,12-13,26-30,34-35,37,41,45-46,59,67H,7,10-11,14-25,31-33H2,1-4H3,(H,58,60)(H,61,66)/t35-,41-,45+,46?,55-/m0/s1. The number of nitrogens with zero attached hydrogens (tertiary/aromatic N) is 5. The van der Waals surface area contributed by atoms with Crippen LogP contribution in [0.2, 0.25) is 0 Å². The molecule has 3 aromatic carbocycles. The quantitative estimate of drug-likeness (QED) is 0.0641. The number of H-pyrrole nitrogens is 1. The average molecular weight is 1050 g/mol. The van der Waals surface area contributed by atoms with Crippen LogP contribution in [0.4, 0.5) is 21.5 Å². The number of fused-ring (bicyclic) bond motifs is 2. The van der Waals surface area contributed by atoms with Gasteiger partial charge in [0.15, 0.2) is 17.2 Å². The number of hydrogen-bond donors (Lipinski definition) is 4. The van der Waals surface area contributed by atoms with Crippen molar-refractivity contribution in [3.05, 3.63) is 99.5 Å². The van der Waals surface area contributed by atoms with Crippen LogP contribution in [-0.2, 0) is 10.0 Å². The molecular formula is C56H69FN8O9S. The number of anilines is 2. The van der Waals surface area contributed by atoms with Gasteiger partial charge in [-0.2, -0.15) is 4.98 Å². The fraction of sp³-hybridized carbons (Fsp3) is 0.536. The van der Waals surface area contributed by atoms with Gasteiger partial charge in [-0.15, -0.1) is 0 Å². The number of hydrogen-bond acceptors (Lipinski definition) is 14. The molecule has 0 radical (unpaired) electrons. The van der Waals surface area contributed by atoms with Crippen LogP contribution in [-0.4, -0.2) is 121 Å². The number of piperidine rings is 2. The number of aromatic amines is 1. The van der Waals surface area contributed by atoms with Gasteiger partial charge < -0.3 is 39.4 Å². The van der Waals surface area contributed by atoms with E-state index in [2.05, 4.69) is 72.8 Å². The minimum absolute atomic E-state index is 0.0196. The van der Waals surface area contributed by atoms with Gasteiger partial charge in [-0.3, -0.25) is 19.8 Å². The number of nitro groups is 1. The van der Waals surface area contributed by atoms with Crippen molar-refractivity contribution in [1.29, 1.82) is 0 Å². The lowest BCUT2D eigenvalue weighted by molar-refractivity contribution is -0.384. The molecule has 5 aromatic rings. The second-order valence-corrected chi connectivity index (χ2v) is 24.6. The number of likely N-dealkylation sites (tertiary alicyclic amines) is 2. The van der Waals surface area contributed by atoms with E-state index in [0.717, 1.165) is 63.9 Å². The van der Waals surface area contributed by atoms with E-state index in [-0.39, 0.29) is 75.5 Å². The molecule has 3 saturated heterocycles. The number of benzene rings is 3. The monoisotopic (exact) mass is 1050 g/mol. The molecule has 5 fully saturated rings. The topological polar surface area (TPSA) is 205 Å². The van der Waals surface area contributed by atoms with Crippen LogP contribution in [0.15, 0.2) is 71.8 Å². The Kier molecular flexibility index (Phi) is 13.7. The Labute approximate surface area is 437 Å². The second-order valence-electron chi connectivity index (χ2n) is 22.9. The molecule has 400 valence electrons. The lowest BCUT2D eigenvalue weighted by atomic mass is 9.70. The highest BCUT2D eigenvalue weighted by molar-refractivity contribution is 7.90. The molecule has 3 atom stereocenters. The minimum Gasteiger partial charge on any atom is -0.489 e. The molecular weight excluding hydrogens is 980 g/mol. The van der Waals surface area contributed by atoms with Gasteiger partial charge in [-0.05, 0) is 125 Å². The molecule has 2 aliphatic carbocycles. The number of amides is 1. The van der Waals surface area contributed by atoms with Gasteiger partial charge in [-0.25, -0.2) is 17.5 Å². The fourth-order valence-electron chi connectivity index (χ4n) is 12.9. The number of aliphatic hydroxyl groups is 1. The summed E-state index contributed by atoms with van der Waals surface area (Å²) in [6, 6.07) is 17.7. The zero-order chi connectivity index (χ0) is 52.4. The number of nitrogens with one attached hydrogen (secondary N) is 3. The number of nitro benzene ring substituents is 1. The molecule has 1 spiro atoms. The van der Waals surface area contributed by atoms with Crippen molar-refractivity contribution >= 4 is 44.0 Å². The van der Waals surface area contributed by atoms with E-state index in [9.17, 15) is 28.4 Å². The summed E-state index contributed by atoms with van der Waals surface area (Å²) in [5, 5.41) is 26.4. The number of carbonyl (C=O) groups is 1. The molecule has 75 heavy (non-hydrogen) atoms. The highest BCUT2D eigenvalue weighted by Crippen LogP contribution is 2.50. The van der Waals surface area contributed by atoms with Gasteiger partial charge in [0, 0.05) is 81.5 Å². The first kappa shape index (κ1) is 51.1. The van der Waals surface area contributed by atoms with Crippen LogP contribution in [0, 0.1) is 27.3 Å². The Morgan fingerprint density at radius 1 is 0.973 bits per heavy atom. The maximum absolute atomic E-state index is 15.2. The third-order valence-electron chi connectivity index (χ3n) is 17.4. The van der Waals surface area contributed by atoms with Gasteiger partial charge in [-0.1, -0.05) is 44.5 Å². The average Bonchev–Trinajstić information content (AvgIpc) is 4.02. The van der Waals surface area contributed by atoms with Crippen molar-refractivity contribution in [2.45, 2.75) is 132 Å². The summed E-state index contributed by atoms with van der Waals surface area (Å²) in [6.07, 6.45) is 10.5. The van der Waals surface area contributed by atoms with E-state index >= 15 is 4.39 Å². The number of aromatic nitrogens is 2. The van der Waals surface area contributed by atoms with Crippen LogP contribution in [0.1, 0.15) is 125 Å². The van der Waals surface area contributed by atoms with Crippen molar-refractivity contribution < 1.29 is 41.8 Å². The lowest BCUT2D eigenvalue weighted by Crippen LogP contribution is -2.63. The first-order valence-electron chi connectivity index (χ1n) is 26.9. The summed E-state index contributed by atoms with van der Waals surface area (Å²) in [7, 11) is -2.73. The van der Waals surface area contributed by atoms with Gasteiger partial charge in [0.05, 0.1) is 32.4 Å². The second kappa shape index (κ2) is 20.2. The van der Waals surface area contributed by atoms with Crippen molar-refractivity contribution in [3.8, 4) is 23.1 Å². The number of rotatable bonds is 13. The molecule has 0 bridgehead atoms. The van der Waals surface area contributed by atoms with E-state index < -0.39 is 42.9 Å². The lowest BCUT2D eigenvalue weighted by Gasteiger charge is -2.57. The molecule has 11 rings (SSSR count).